The van der Waals surface area contributed by atoms with Crippen LogP contribution in [0.2, 0.25) is 0 Å². The monoisotopic (exact) mass is 1290 g/mol. The van der Waals surface area contributed by atoms with Gasteiger partial charge < -0.3 is 28.8 Å². The summed E-state index contributed by atoms with van der Waals surface area (Å²) >= 11 is 0. The fourth-order valence-corrected chi connectivity index (χ4v) is 13.3. The standard InChI is InChI=1S/C81H159N2O6P/c1-6-8-10-12-14-16-18-20-22-24-26-28-30-32-34-36-38-39-40-41-42-43-45-47-49-51-53-55-57-59-61-63-65-67-69-71-73-75-81(85)82-79(78-89-90(86,87)88-77-76-83(3,4)5)80(84)74-72-70-68-66-64-62-60-58-56-54-52-50-48-46-44-37-35-33-31-29-27-25-23-21-19-17-15-13-11-9-7-2/h56,58,64,66,72,74,79-80,84H,6-55,57,59-63,65,67-71,73,75-78H2,1-5H3,(H-,82,85,86,87)/b58-56+,66-64+,74-72+. The Morgan fingerprint density at radius 1 is 0.378 bits per heavy atom. The Balaban J connectivity index is 3.98. The van der Waals surface area contributed by atoms with E-state index in [-0.39, 0.29) is 12.5 Å². The molecule has 0 radical (unpaired) electrons. The highest BCUT2D eigenvalue weighted by Gasteiger charge is 2.23. The van der Waals surface area contributed by atoms with E-state index in [2.05, 4.69) is 43.5 Å². The lowest BCUT2D eigenvalue weighted by molar-refractivity contribution is -0.870. The first-order valence-electron chi connectivity index (χ1n) is 40.4. The molecule has 2 N–H and O–H groups in total. The Morgan fingerprint density at radius 3 is 0.900 bits per heavy atom. The van der Waals surface area contributed by atoms with Crippen LogP contribution in [0.1, 0.15) is 425 Å². The van der Waals surface area contributed by atoms with Crippen molar-refractivity contribution in [2.24, 2.45) is 0 Å². The highest BCUT2D eigenvalue weighted by Crippen LogP contribution is 2.38. The van der Waals surface area contributed by atoms with Gasteiger partial charge in [-0.25, -0.2) is 0 Å². The van der Waals surface area contributed by atoms with Crippen molar-refractivity contribution >= 4 is 13.7 Å². The van der Waals surface area contributed by atoms with E-state index in [1.807, 2.05) is 27.2 Å². The van der Waals surface area contributed by atoms with Gasteiger partial charge in [-0.1, -0.05) is 410 Å². The van der Waals surface area contributed by atoms with Gasteiger partial charge >= 0.3 is 0 Å². The van der Waals surface area contributed by atoms with Gasteiger partial charge in [0, 0.05) is 6.42 Å². The number of aliphatic hydroxyl groups is 1. The molecule has 3 atom stereocenters. The molecule has 0 heterocycles. The minimum Gasteiger partial charge on any atom is -0.756 e. The minimum absolute atomic E-state index is 0.00692. The second-order valence-electron chi connectivity index (χ2n) is 29.1. The zero-order valence-electron chi connectivity index (χ0n) is 61.4. The highest BCUT2D eigenvalue weighted by molar-refractivity contribution is 7.45. The molecule has 0 aromatic rings. The second kappa shape index (κ2) is 72.0. The first-order valence-corrected chi connectivity index (χ1v) is 41.8. The van der Waals surface area contributed by atoms with Crippen LogP contribution in [0.4, 0.5) is 0 Å². The quantitative estimate of drug-likeness (QED) is 0.0272. The Kier molecular flexibility index (Phi) is 71.0. The average molecular weight is 1290 g/mol. The molecule has 0 aliphatic rings. The fraction of sp³-hybridized carbons (Fsp3) is 0.914. The van der Waals surface area contributed by atoms with Gasteiger partial charge in [-0.05, 0) is 44.9 Å². The van der Waals surface area contributed by atoms with Crippen molar-refractivity contribution in [2.45, 2.75) is 437 Å². The molecule has 0 bridgehead atoms. The number of phosphoric acid groups is 1. The van der Waals surface area contributed by atoms with Crippen LogP contribution in [0.15, 0.2) is 36.5 Å². The summed E-state index contributed by atoms with van der Waals surface area (Å²) in [4.78, 5) is 25.7. The Hall–Kier alpha value is -1.28. The summed E-state index contributed by atoms with van der Waals surface area (Å²) in [5, 5.41) is 14.0. The number of unbranched alkanes of at least 4 members (excludes halogenated alkanes) is 59. The predicted molar refractivity (Wildman–Crippen MR) is 395 cm³/mol. The number of phosphoric ester groups is 1. The van der Waals surface area contributed by atoms with E-state index >= 15 is 0 Å². The Bertz CT molecular complexity index is 1560. The second-order valence-corrected chi connectivity index (χ2v) is 30.5. The number of quaternary nitrogens is 1. The van der Waals surface area contributed by atoms with Crippen molar-refractivity contribution in [3.63, 3.8) is 0 Å². The van der Waals surface area contributed by atoms with E-state index in [1.165, 1.54) is 360 Å². The van der Waals surface area contributed by atoms with Gasteiger partial charge in [-0.15, -0.1) is 0 Å². The molecule has 0 aromatic heterocycles. The van der Waals surface area contributed by atoms with Gasteiger partial charge in [0.1, 0.15) is 13.2 Å². The molecule has 0 saturated heterocycles. The van der Waals surface area contributed by atoms with Crippen LogP contribution in [0.25, 0.3) is 0 Å². The third kappa shape index (κ3) is 74.1. The molecule has 0 fully saturated rings. The molecule has 0 aliphatic heterocycles. The Morgan fingerprint density at radius 2 is 0.622 bits per heavy atom. The van der Waals surface area contributed by atoms with E-state index in [0.717, 1.165) is 44.9 Å². The molecule has 534 valence electrons. The molecule has 0 rings (SSSR count). The summed E-state index contributed by atoms with van der Waals surface area (Å²) in [7, 11) is 1.25. The first kappa shape index (κ1) is 88.7. The zero-order valence-corrected chi connectivity index (χ0v) is 62.3. The largest absolute Gasteiger partial charge is 0.756 e. The lowest BCUT2D eigenvalue weighted by Gasteiger charge is -2.29. The summed E-state index contributed by atoms with van der Waals surface area (Å²) < 4.78 is 23.5. The maximum absolute atomic E-state index is 13.1. The SMILES string of the molecule is CCCCCCCCCCCCCCCCCCCCCCC/C=C/CC/C=C/CC/C=C/C(O)C(COP(=O)([O-])OCC[N+](C)(C)C)NC(=O)CCCCCCCCCCCCCCCCCCCCCCCCCCCCCCCCCCCCCCC. The molecular formula is C81H159N2O6P. The van der Waals surface area contributed by atoms with Gasteiger partial charge in [0.25, 0.3) is 7.82 Å². The minimum atomic E-state index is -4.62. The number of rotatable bonds is 76. The summed E-state index contributed by atoms with van der Waals surface area (Å²) in [6.45, 7) is 4.69. The van der Waals surface area contributed by atoms with E-state index < -0.39 is 26.6 Å². The molecule has 0 saturated carbocycles. The Labute approximate surface area is 563 Å². The fourth-order valence-electron chi connectivity index (χ4n) is 12.6. The molecule has 8 nitrogen and oxygen atoms in total. The van der Waals surface area contributed by atoms with Gasteiger partial charge in [-0.3, -0.25) is 9.36 Å². The van der Waals surface area contributed by atoms with Crippen LogP contribution < -0.4 is 10.2 Å². The number of carbonyl (C=O) groups excluding carboxylic acids is 1. The van der Waals surface area contributed by atoms with Gasteiger partial charge in [0.2, 0.25) is 5.91 Å². The van der Waals surface area contributed by atoms with E-state index in [1.54, 1.807) is 6.08 Å². The molecule has 0 aromatic carbocycles. The van der Waals surface area contributed by atoms with Gasteiger partial charge in [-0.2, -0.15) is 0 Å². The summed E-state index contributed by atoms with van der Waals surface area (Å²) in [5.74, 6) is -0.202. The summed E-state index contributed by atoms with van der Waals surface area (Å²) in [6.07, 6.45) is 97.6. The van der Waals surface area contributed by atoms with Crippen LogP contribution >= 0.6 is 7.82 Å². The zero-order chi connectivity index (χ0) is 65.5. The topological polar surface area (TPSA) is 108 Å². The lowest BCUT2D eigenvalue weighted by atomic mass is 10.0. The smallest absolute Gasteiger partial charge is 0.268 e. The number of carbonyl (C=O) groups is 1. The molecule has 1 amide bonds. The maximum Gasteiger partial charge on any atom is 0.268 e. The van der Waals surface area contributed by atoms with Crippen molar-refractivity contribution in [2.75, 3.05) is 40.9 Å². The van der Waals surface area contributed by atoms with Crippen LogP contribution in [-0.2, 0) is 18.4 Å². The van der Waals surface area contributed by atoms with Crippen LogP contribution in [0.3, 0.4) is 0 Å². The van der Waals surface area contributed by atoms with Crippen LogP contribution in [0.5, 0.6) is 0 Å². The van der Waals surface area contributed by atoms with Gasteiger partial charge in [0.05, 0.1) is 39.9 Å². The van der Waals surface area contributed by atoms with Crippen LogP contribution in [0, 0.1) is 0 Å². The number of amides is 1. The summed E-state index contributed by atoms with van der Waals surface area (Å²) in [5.41, 5.74) is 0. The third-order valence-corrected chi connectivity index (χ3v) is 19.8. The highest BCUT2D eigenvalue weighted by atomic mass is 31.2. The summed E-state index contributed by atoms with van der Waals surface area (Å²) in [6, 6.07) is -0.910. The van der Waals surface area contributed by atoms with Crippen molar-refractivity contribution in [1.82, 2.24) is 5.32 Å². The van der Waals surface area contributed by atoms with Crippen LogP contribution in [-0.4, -0.2) is 68.5 Å². The van der Waals surface area contributed by atoms with E-state index in [4.69, 9.17) is 9.05 Å². The lowest BCUT2D eigenvalue weighted by Crippen LogP contribution is -2.45. The molecule has 0 aliphatic carbocycles. The molecule has 9 heteroatoms. The maximum atomic E-state index is 13.1. The van der Waals surface area contributed by atoms with Crippen molar-refractivity contribution in [1.29, 1.82) is 0 Å². The molecule has 90 heavy (non-hydrogen) atoms. The number of likely N-dealkylation sites (N-methyl/N-ethyl adjacent to an activating group) is 1. The van der Waals surface area contributed by atoms with Crippen molar-refractivity contribution in [3.8, 4) is 0 Å². The van der Waals surface area contributed by atoms with Gasteiger partial charge in [0.15, 0.2) is 0 Å². The number of allylic oxidation sites excluding steroid dienone is 5. The van der Waals surface area contributed by atoms with E-state index in [0.29, 0.717) is 17.4 Å². The first-order chi connectivity index (χ1) is 44.0. The third-order valence-electron chi connectivity index (χ3n) is 18.8. The van der Waals surface area contributed by atoms with Crippen molar-refractivity contribution < 1.29 is 32.9 Å². The number of hydrogen-bond acceptors (Lipinski definition) is 6. The number of hydrogen-bond donors (Lipinski definition) is 2. The average Bonchev–Trinajstić information content (AvgIpc) is 3.39. The number of aliphatic hydroxyl groups excluding tert-OH is 1. The van der Waals surface area contributed by atoms with E-state index in [9.17, 15) is 19.4 Å². The molecule has 0 spiro atoms. The normalized spacial score (nSPS) is 13.6. The predicted octanol–water partition coefficient (Wildman–Crippen LogP) is 25.7. The number of nitrogens with zero attached hydrogens (tertiary/aromatic N) is 1. The van der Waals surface area contributed by atoms with Crippen molar-refractivity contribution in [3.05, 3.63) is 36.5 Å². The molecule has 3 unspecified atom stereocenters. The number of nitrogens with one attached hydrogen (secondary N) is 1. The molecular weight excluding hydrogens is 1130 g/mol.